The van der Waals surface area contributed by atoms with Crippen molar-refractivity contribution in [3.8, 4) is 0 Å². The minimum atomic E-state index is 0.218. The molecule has 1 aromatic carbocycles. The number of hydrogen-bond donors (Lipinski definition) is 1. The topological polar surface area (TPSA) is 54.0 Å². The molecule has 0 spiro atoms. The first-order valence-electron chi connectivity index (χ1n) is 7.68. The monoisotopic (exact) mass is 328 g/mol. The van der Waals surface area contributed by atoms with Gasteiger partial charge >= 0.3 is 0 Å². The van der Waals surface area contributed by atoms with Crippen LogP contribution in [0.2, 0.25) is 5.15 Å². The SMILES string of the molecule is Clc1cncc(N2CCOC[C@@H]2Cc2c[nH]c3ccccc23)n1. The average molecular weight is 329 g/mol. The summed E-state index contributed by atoms with van der Waals surface area (Å²) in [5.41, 5.74) is 2.45. The van der Waals surface area contributed by atoms with Crippen molar-refractivity contribution in [3.05, 3.63) is 53.6 Å². The fourth-order valence-corrected chi connectivity index (χ4v) is 3.29. The van der Waals surface area contributed by atoms with Crippen LogP contribution < -0.4 is 4.90 Å². The summed E-state index contributed by atoms with van der Waals surface area (Å²) in [5.74, 6) is 0.811. The van der Waals surface area contributed by atoms with Crippen LogP contribution in [0.4, 0.5) is 5.82 Å². The molecule has 0 bridgehead atoms. The third kappa shape index (κ3) is 2.90. The van der Waals surface area contributed by atoms with Gasteiger partial charge in [0.25, 0.3) is 0 Å². The van der Waals surface area contributed by atoms with Crippen LogP contribution in [0.5, 0.6) is 0 Å². The van der Waals surface area contributed by atoms with Crippen molar-refractivity contribution >= 4 is 28.3 Å². The molecule has 2 aromatic heterocycles. The number of rotatable bonds is 3. The number of H-pyrrole nitrogens is 1. The van der Waals surface area contributed by atoms with E-state index in [4.69, 9.17) is 16.3 Å². The second kappa shape index (κ2) is 6.18. The molecule has 0 amide bonds. The zero-order chi connectivity index (χ0) is 15.6. The molecule has 0 radical (unpaired) electrons. The molecule has 1 aliphatic rings. The molecular weight excluding hydrogens is 312 g/mol. The Labute approximate surface area is 139 Å². The fourth-order valence-electron chi connectivity index (χ4n) is 3.15. The van der Waals surface area contributed by atoms with Gasteiger partial charge in [-0.05, 0) is 18.1 Å². The van der Waals surface area contributed by atoms with Crippen LogP contribution >= 0.6 is 11.6 Å². The molecule has 0 aliphatic carbocycles. The van der Waals surface area contributed by atoms with Gasteiger partial charge in [0.1, 0.15) is 11.0 Å². The zero-order valence-corrected chi connectivity index (χ0v) is 13.3. The van der Waals surface area contributed by atoms with Gasteiger partial charge in [-0.2, -0.15) is 0 Å². The third-order valence-corrected chi connectivity index (χ3v) is 4.43. The van der Waals surface area contributed by atoms with Gasteiger partial charge in [0.05, 0.1) is 31.6 Å². The molecule has 1 saturated heterocycles. The van der Waals surface area contributed by atoms with Crippen LogP contribution in [-0.2, 0) is 11.2 Å². The summed E-state index contributed by atoms with van der Waals surface area (Å²) in [5, 5.41) is 1.68. The normalized spacial score (nSPS) is 18.5. The van der Waals surface area contributed by atoms with E-state index >= 15 is 0 Å². The van der Waals surface area contributed by atoms with Crippen molar-refractivity contribution in [1.82, 2.24) is 15.0 Å². The van der Waals surface area contributed by atoms with Crippen LogP contribution in [0, 0.1) is 0 Å². The summed E-state index contributed by atoms with van der Waals surface area (Å²) in [6.07, 6.45) is 6.29. The number of benzene rings is 1. The number of anilines is 1. The number of nitrogens with zero attached hydrogens (tertiary/aromatic N) is 3. The van der Waals surface area contributed by atoms with Crippen molar-refractivity contribution in [2.75, 3.05) is 24.7 Å². The summed E-state index contributed by atoms with van der Waals surface area (Å²) < 4.78 is 5.69. The van der Waals surface area contributed by atoms with Crippen LogP contribution in [0.15, 0.2) is 42.9 Å². The first-order valence-corrected chi connectivity index (χ1v) is 8.06. The highest BCUT2D eigenvalue weighted by molar-refractivity contribution is 6.29. The van der Waals surface area contributed by atoms with Gasteiger partial charge in [-0.3, -0.25) is 4.98 Å². The van der Waals surface area contributed by atoms with Crippen molar-refractivity contribution in [2.45, 2.75) is 12.5 Å². The largest absolute Gasteiger partial charge is 0.377 e. The van der Waals surface area contributed by atoms with Crippen LogP contribution in [0.25, 0.3) is 10.9 Å². The Hall–Kier alpha value is -2.11. The highest BCUT2D eigenvalue weighted by Gasteiger charge is 2.25. The van der Waals surface area contributed by atoms with E-state index < -0.39 is 0 Å². The van der Waals surface area contributed by atoms with Gasteiger partial charge < -0.3 is 14.6 Å². The van der Waals surface area contributed by atoms with Crippen molar-refractivity contribution in [1.29, 1.82) is 0 Å². The van der Waals surface area contributed by atoms with E-state index in [1.807, 2.05) is 6.07 Å². The molecule has 3 heterocycles. The van der Waals surface area contributed by atoms with Gasteiger partial charge in [-0.15, -0.1) is 0 Å². The Morgan fingerprint density at radius 3 is 3.13 bits per heavy atom. The lowest BCUT2D eigenvalue weighted by atomic mass is 10.0. The smallest absolute Gasteiger partial charge is 0.149 e. The molecule has 5 nitrogen and oxygen atoms in total. The summed E-state index contributed by atoms with van der Waals surface area (Å²) in [7, 11) is 0. The molecule has 3 aromatic rings. The number of para-hydroxylation sites is 1. The fraction of sp³-hybridized carbons (Fsp3) is 0.294. The van der Waals surface area contributed by atoms with E-state index in [-0.39, 0.29) is 6.04 Å². The van der Waals surface area contributed by atoms with Gasteiger partial charge in [-0.1, -0.05) is 29.8 Å². The number of hydrogen-bond acceptors (Lipinski definition) is 4. The number of nitrogens with one attached hydrogen (secondary N) is 1. The molecule has 23 heavy (non-hydrogen) atoms. The summed E-state index contributed by atoms with van der Waals surface area (Å²) in [6.45, 7) is 2.16. The maximum atomic E-state index is 6.00. The van der Waals surface area contributed by atoms with E-state index in [1.54, 1.807) is 12.4 Å². The molecule has 118 valence electrons. The van der Waals surface area contributed by atoms with E-state index in [2.05, 4.69) is 44.2 Å². The van der Waals surface area contributed by atoms with Crippen molar-refractivity contribution in [2.24, 2.45) is 0 Å². The number of fused-ring (bicyclic) bond motifs is 1. The van der Waals surface area contributed by atoms with Crippen molar-refractivity contribution < 1.29 is 4.74 Å². The molecule has 4 rings (SSSR count). The molecule has 1 aliphatic heterocycles. The molecule has 0 saturated carbocycles. The Morgan fingerprint density at radius 1 is 1.30 bits per heavy atom. The minimum Gasteiger partial charge on any atom is -0.377 e. The van der Waals surface area contributed by atoms with E-state index in [0.717, 1.165) is 24.3 Å². The highest BCUT2D eigenvalue weighted by Crippen LogP contribution is 2.24. The predicted octanol–water partition coefficient (Wildman–Crippen LogP) is 3.06. The Balaban J connectivity index is 1.63. The lowest BCUT2D eigenvalue weighted by Gasteiger charge is -2.36. The number of ether oxygens (including phenoxy) is 1. The maximum absolute atomic E-state index is 6.00. The van der Waals surface area contributed by atoms with Crippen LogP contribution in [-0.4, -0.2) is 40.8 Å². The minimum absolute atomic E-state index is 0.218. The molecule has 1 atom stereocenters. The van der Waals surface area contributed by atoms with E-state index in [0.29, 0.717) is 18.4 Å². The summed E-state index contributed by atoms with van der Waals surface area (Å²) >= 11 is 6.00. The zero-order valence-electron chi connectivity index (χ0n) is 12.6. The highest BCUT2D eigenvalue weighted by atomic mass is 35.5. The average Bonchev–Trinajstić information content (AvgIpc) is 2.99. The van der Waals surface area contributed by atoms with Crippen LogP contribution in [0.1, 0.15) is 5.56 Å². The van der Waals surface area contributed by atoms with Gasteiger partial charge in [0, 0.05) is 23.6 Å². The second-order valence-electron chi connectivity index (χ2n) is 5.69. The maximum Gasteiger partial charge on any atom is 0.149 e. The number of aromatic nitrogens is 3. The molecule has 1 N–H and O–H groups in total. The lowest BCUT2D eigenvalue weighted by Crippen LogP contribution is -2.47. The molecular formula is C17H17ClN4O. The lowest BCUT2D eigenvalue weighted by molar-refractivity contribution is 0.0937. The summed E-state index contributed by atoms with van der Waals surface area (Å²) in [4.78, 5) is 14.1. The number of morpholine rings is 1. The number of aromatic amines is 1. The van der Waals surface area contributed by atoms with E-state index in [1.165, 1.54) is 10.9 Å². The van der Waals surface area contributed by atoms with Crippen LogP contribution in [0.3, 0.4) is 0 Å². The summed E-state index contributed by atoms with van der Waals surface area (Å²) in [6, 6.07) is 8.57. The first kappa shape index (κ1) is 14.5. The van der Waals surface area contributed by atoms with Gasteiger partial charge in [0.2, 0.25) is 0 Å². The third-order valence-electron chi connectivity index (χ3n) is 4.24. The Morgan fingerprint density at radius 2 is 2.22 bits per heavy atom. The Kier molecular flexibility index (Phi) is 3.89. The predicted molar refractivity (Wildman–Crippen MR) is 91.0 cm³/mol. The molecule has 1 fully saturated rings. The van der Waals surface area contributed by atoms with Crippen molar-refractivity contribution in [3.63, 3.8) is 0 Å². The number of halogens is 1. The molecule has 0 unspecified atom stereocenters. The van der Waals surface area contributed by atoms with Gasteiger partial charge in [-0.25, -0.2) is 4.98 Å². The standard InChI is InChI=1S/C17H17ClN4O/c18-16-9-19-10-17(21-16)22-5-6-23-11-13(22)7-12-8-20-15-4-2-1-3-14(12)15/h1-4,8-10,13,20H,5-7,11H2/t13-/m0/s1. The van der Waals surface area contributed by atoms with Gasteiger partial charge in [0.15, 0.2) is 0 Å². The first-order chi connectivity index (χ1) is 11.3. The second-order valence-corrected chi connectivity index (χ2v) is 6.07. The molecule has 6 heteroatoms. The van der Waals surface area contributed by atoms with E-state index in [9.17, 15) is 0 Å². The quantitative estimate of drug-likeness (QED) is 0.803. The Bertz CT molecular complexity index is 819.